The molecular weight excluding hydrogens is 410 g/mol. The van der Waals surface area contributed by atoms with Gasteiger partial charge in [0.05, 0.1) is 0 Å². The molecule has 1 aromatic carbocycles. The van der Waals surface area contributed by atoms with Crippen molar-refractivity contribution < 1.29 is 29.0 Å². The number of unbranched alkanes of at least 4 members (excludes halogenated alkanes) is 5. The van der Waals surface area contributed by atoms with Gasteiger partial charge in [0.2, 0.25) is 11.6 Å². The summed E-state index contributed by atoms with van der Waals surface area (Å²) in [6.45, 7) is 9.57. The van der Waals surface area contributed by atoms with Crippen LogP contribution in [0.3, 0.4) is 0 Å². The van der Waals surface area contributed by atoms with Crippen LogP contribution in [0.25, 0.3) is 0 Å². The molecule has 2 N–H and O–H groups in total. The van der Waals surface area contributed by atoms with Crippen LogP contribution >= 0.6 is 0 Å². The van der Waals surface area contributed by atoms with Crippen LogP contribution in [0.4, 0.5) is 0 Å². The van der Waals surface area contributed by atoms with Gasteiger partial charge < -0.3 is 19.9 Å². The Labute approximate surface area is 191 Å². The molecule has 0 saturated carbocycles. The molecule has 32 heavy (non-hydrogen) atoms. The second-order valence-electron chi connectivity index (χ2n) is 8.66. The van der Waals surface area contributed by atoms with Gasteiger partial charge in [-0.1, -0.05) is 65.0 Å². The maximum atomic E-state index is 11.9. The number of esters is 2. The largest absolute Gasteiger partial charge is 0.457 e. The van der Waals surface area contributed by atoms with Gasteiger partial charge >= 0.3 is 11.9 Å². The molecule has 2 unspecified atom stereocenters. The van der Waals surface area contributed by atoms with Gasteiger partial charge in [0.25, 0.3) is 0 Å². The van der Waals surface area contributed by atoms with Crippen molar-refractivity contribution in [2.45, 2.75) is 98.3 Å². The third-order valence-corrected chi connectivity index (χ3v) is 5.24. The summed E-state index contributed by atoms with van der Waals surface area (Å²) in [5.41, 5.74) is -0.868. The molecule has 1 aromatic rings. The van der Waals surface area contributed by atoms with E-state index in [1.807, 2.05) is 0 Å². The summed E-state index contributed by atoms with van der Waals surface area (Å²) in [4.78, 5) is 35.3. The number of hydrogen-bond acceptors (Lipinski definition) is 6. The van der Waals surface area contributed by atoms with Crippen LogP contribution in [0.2, 0.25) is 0 Å². The van der Waals surface area contributed by atoms with Crippen LogP contribution in [-0.4, -0.2) is 29.1 Å². The summed E-state index contributed by atoms with van der Waals surface area (Å²) in [6.07, 6.45) is 6.52. The molecule has 0 heterocycles. The summed E-state index contributed by atoms with van der Waals surface area (Å²) in [5, 5.41) is 14.1. The van der Waals surface area contributed by atoms with Crippen molar-refractivity contribution in [1.29, 1.82) is 0 Å². The second-order valence-corrected chi connectivity index (χ2v) is 8.66. The molecule has 1 rings (SSSR count). The Kier molecular flexibility index (Phi) is 11.4. The Hall–Kier alpha value is -2.41. The lowest BCUT2D eigenvalue weighted by atomic mass is 9.88. The maximum Gasteiger partial charge on any atom is 0.308 e. The van der Waals surface area contributed by atoms with Gasteiger partial charge in [0.15, 0.2) is 6.10 Å². The van der Waals surface area contributed by atoms with Crippen LogP contribution in [0, 0.1) is 5.92 Å². The number of rotatable bonds is 13. The van der Waals surface area contributed by atoms with E-state index in [0.29, 0.717) is 5.75 Å². The molecule has 0 aliphatic rings. The second kappa shape index (κ2) is 13.2. The molecule has 0 aliphatic heterocycles. The molecular formula is C25H39NO6. The molecule has 7 nitrogen and oxygen atoms in total. The third kappa shape index (κ3) is 8.61. The SMILES string of the molecule is CCCCCCCCc1ccc(C(O)(NC(C)=O)C(OC(C)=O)C(C)C)cc1OC(C)=O. The number of ether oxygens (including phenoxy) is 2. The van der Waals surface area contributed by atoms with Crippen molar-refractivity contribution in [3.8, 4) is 5.75 Å². The van der Waals surface area contributed by atoms with Gasteiger partial charge in [0.1, 0.15) is 5.75 Å². The third-order valence-electron chi connectivity index (χ3n) is 5.24. The Morgan fingerprint density at radius 3 is 2.16 bits per heavy atom. The average molecular weight is 450 g/mol. The fourth-order valence-electron chi connectivity index (χ4n) is 3.80. The monoisotopic (exact) mass is 449 g/mol. The van der Waals surface area contributed by atoms with Crippen LogP contribution in [0.5, 0.6) is 5.75 Å². The van der Waals surface area contributed by atoms with Gasteiger partial charge in [-0.2, -0.15) is 0 Å². The fraction of sp³-hybridized carbons (Fsp3) is 0.640. The van der Waals surface area contributed by atoms with E-state index in [1.165, 1.54) is 40.0 Å². The van der Waals surface area contributed by atoms with Crippen molar-refractivity contribution in [3.63, 3.8) is 0 Å². The lowest BCUT2D eigenvalue weighted by Gasteiger charge is -2.38. The first kappa shape index (κ1) is 27.6. The van der Waals surface area contributed by atoms with E-state index in [4.69, 9.17) is 9.47 Å². The Morgan fingerprint density at radius 2 is 1.62 bits per heavy atom. The van der Waals surface area contributed by atoms with E-state index in [9.17, 15) is 19.5 Å². The molecule has 0 radical (unpaired) electrons. The quantitative estimate of drug-likeness (QED) is 0.200. The predicted molar refractivity (Wildman–Crippen MR) is 123 cm³/mol. The van der Waals surface area contributed by atoms with Crippen molar-refractivity contribution in [2.75, 3.05) is 0 Å². The number of aryl methyl sites for hydroxylation is 1. The molecule has 2 atom stereocenters. The van der Waals surface area contributed by atoms with Gasteiger partial charge in [-0.15, -0.1) is 0 Å². The molecule has 0 spiro atoms. The van der Waals surface area contributed by atoms with Crippen molar-refractivity contribution in [1.82, 2.24) is 5.32 Å². The minimum Gasteiger partial charge on any atom is -0.457 e. The van der Waals surface area contributed by atoms with Gasteiger partial charge in [-0.25, -0.2) is 0 Å². The standard InChI is InChI=1S/C25H39NO6/c1-7-8-9-10-11-12-13-21-14-15-22(16-23(21)31-19(5)28)25(30,26-18(4)27)24(17(2)3)32-20(6)29/h14-17,24,30H,7-13H2,1-6H3,(H,26,27). The van der Waals surface area contributed by atoms with Gasteiger partial charge in [-0.05, 0) is 30.4 Å². The fourth-order valence-corrected chi connectivity index (χ4v) is 3.80. The van der Waals surface area contributed by atoms with E-state index < -0.39 is 29.7 Å². The zero-order chi connectivity index (χ0) is 24.3. The molecule has 0 saturated heterocycles. The van der Waals surface area contributed by atoms with Crippen LogP contribution < -0.4 is 10.1 Å². The van der Waals surface area contributed by atoms with Gasteiger partial charge in [-0.3, -0.25) is 14.4 Å². The zero-order valence-corrected chi connectivity index (χ0v) is 20.3. The normalized spacial score (nSPS) is 13.9. The minimum absolute atomic E-state index is 0.274. The van der Waals surface area contributed by atoms with E-state index in [0.717, 1.165) is 31.2 Å². The van der Waals surface area contributed by atoms with E-state index in [-0.39, 0.29) is 11.5 Å². The number of hydrogen-bond donors (Lipinski definition) is 2. The van der Waals surface area contributed by atoms with Crippen LogP contribution in [0.15, 0.2) is 18.2 Å². The number of amides is 1. The smallest absolute Gasteiger partial charge is 0.308 e. The number of carbonyl (C=O) groups is 3. The first-order chi connectivity index (χ1) is 15.0. The predicted octanol–water partition coefficient (Wildman–Crippen LogP) is 4.38. The maximum absolute atomic E-state index is 11.9. The molecule has 0 fully saturated rings. The van der Waals surface area contributed by atoms with Crippen LogP contribution in [0.1, 0.15) is 91.2 Å². The molecule has 0 aromatic heterocycles. The lowest BCUT2D eigenvalue weighted by molar-refractivity contribution is -0.180. The number of benzene rings is 1. The summed E-state index contributed by atoms with van der Waals surface area (Å²) in [6, 6.07) is 5.01. The highest BCUT2D eigenvalue weighted by atomic mass is 16.6. The van der Waals surface area contributed by atoms with Crippen molar-refractivity contribution in [3.05, 3.63) is 29.3 Å². The van der Waals surface area contributed by atoms with Crippen LogP contribution in [-0.2, 0) is 31.3 Å². The van der Waals surface area contributed by atoms with E-state index in [2.05, 4.69) is 12.2 Å². The molecule has 0 aliphatic carbocycles. The number of aliphatic hydroxyl groups is 1. The Morgan fingerprint density at radius 1 is 1.00 bits per heavy atom. The number of nitrogens with one attached hydrogen (secondary N) is 1. The number of carbonyl (C=O) groups excluding carboxylic acids is 3. The summed E-state index contributed by atoms with van der Waals surface area (Å²) in [5.74, 6) is -1.52. The first-order valence-corrected chi connectivity index (χ1v) is 11.5. The highest BCUT2D eigenvalue weighted by Crippen LogP contribution is 2.34. The zero-order valence-electron chi connectivity index (χ0n) is 20.3. The summed E-state index contributed by atoms with van der Waals surface area (Å²) < 4.78 is 10.8. The van der Waals surface area contributed by atoms with E-state index >= 15 is 0 Å². The molecule has 1 amide bonds. The lowest BCUT2D eigenvalue weighted by Crippen LogP contribution is -2.56. The minimum atomic E-state index is -1.99. The average Bonchev–Trinajstić information content (AvgIpc) is 2.68. The van der Waals surface area contributed by atoms with Gasteiger partial charge in [0, 0.05) is 26.3 Å². The van der Waals surface area contributed by atoms with E-state index in [1.54, 1.807) is 32.0 Å². The molecule has 0 bridgehead atoms. The molecule has 180 valence electrons. The topological polar surface area (TPSA) is 102 Å². The Balaban J connectivity index is 3.28. The Bertz CT molecular complexity index is 776. The summed E-state index contributed by atoms with van der Waals surface area (Å²) in [7, 11) is 0. The highest BCUT2D eigenvalue weighted by molar-refractivity contribution is 5.74. The summed E-state index contributed by atoms with van der Waals surface area (Å²) >= 11 is 0. The molecule has 7 heteroatoms. The van der Waals surface area contributed by atoms with Crippen molar-refractivity contribution in [2.24, 2.45) is 5.92 Å². The van der Waals surface area contributed by atoms with Crippen molar-refractivity contribution >= 4 is 17.8 Å². The first-order valence-electron chi connectivity index (χ1n) is 11.5. The highest BCUT2D eigenvalue weighted by Gasteiger charge is 2.44.